The molecule has 3 heterocycles. The van der Waals surface area contributed by atoms with Gasteiger partial charge in [-0.15, -0.1) is 0 Å². The summed E-state index contributed by atoms with van der Waals surface area (Å²) in [5.74, 6) is 2.07. The summed E-state index contributed by atoms with van der Waals surface area (Å²) in [5.41, 5.74) is 2.90. The molecule has 4 rings (SSSR count). The lowest BCUT2D eigenvalue weighted by Gasteiger charge is -2.37. The molecular formula is C22H28N6O. The van der Waals surface area contributed by atoms with Gasteiger partial charge in [-0.3, -0.25) is 9.80 Å². The number of nitrogens with zero attached hydrogens (tertiary/aromatic N) is 6. The minimum absolute atomic E-state index is 0.628. The summed E-state index contributed by atoms with van der Waals surface area (Å²) < 4.78 is 5.51. The Bertz CT molecular complexity index is 930. The molecule has 2 aromatic heterocycles. The summed E-state index contributed by atoms with van der Waals surface area (Å²) in [5, 5.41) is 4.18. The summed E-state index contributed by atoms with van der Waals surface area (Å²) in [6.45, 7) is 11.4. The van der Waals surface area contributed by atoms with E-state index in [4.69, 9.17) is 4.52 Å². The zero-order chi connectivity index (χ0) is 20.2. The van der Waals surface area contributed by atoms with Crippen LogP contribution in [-0.4, -0.2) is 62.1 Å². The highest BCUT2D eigenvalue weighted by Crippen LogP contribution is 2.22. The Morgan fingerprint density at radius 3 is 2.41 bits per heavy atom. The van der Waals surface area contributed by atoms with Gasteiger partial charge in [0.05, 0.1) is 12.2 Å². The first-order valence-corrected chi connectivity index (χ1v) is 10.3. The van der Waals surface area contributed by atoms with Gasteiger partial charge in [0.1, 0.15) is 5.82 Å². The van der Waals surface area contributed by atoms with E-state index in [0.717, 1.165) is 48.8 Å². The Kier molecular flexibility index (Phi) is 5.97. The highest BCUT2D eigenvalue weighted by molar-refractivity contribution is 5.64. The molecule has 0 radical (unpaired) electrons. The normalized spacial score (nSPS) is 16.8. The molecule has 3 aromatic rings. The molecule has 1 aromatic carbocycles. The number of piperazine rings is 1. The third kappa shape index (κ3) is 4.68. The van der Waals surface area contributed by atoms with Gasteiger partial charge in [-0.2, -0.15) is 4.98 Å². The van der Waals surface area contributed by atoms with E-state index in [1.165, 1.54) is 6.42 Å². The molecule has 1 saturated heterocycles. The average molecular weight is 393 g/mol. The number of aromatic nitrogens is 4. The van der Waals surface area contributed by atoms with Crippen molar-refractivity contribution in [1.82, 2.24) is 29.9 Å². The van der Waals surface area contributed by atoms with E-state index in [9.17, 15) is 0 Å². The Morgan fingerprint density at radius 2 is 1.72 bits per heavy atom. The number of aryl methyl sites for hydroxylation is 1. The molecule has 1 aliphatic rings. The van der Waals surface area contributed by atoms with E-state index in [-0.39, 0.29) is 0 Å². The van der Waals surface area contributed by atoms with E-state index < -0.39 is 0 Å². The standard InChI is InChI=1S/C22H28N6O/c1-4-16(2)28-13-11-27(12-14-28)15-21-25-22(26-29-21)19-7-5-18(6-8-19)20-9-10-23-17(3)24-20/h5-10,16H,4,11-15H2,1-3H3. The zero-order valence-electron chi connectivity index (χ0n) is 17.4. The number of benzene rings is 1. The van der Waals surface area contributed by atoms with Crippen molar-refractivity contribution >= 4 is 0 Å². The molecule has 29 heavy (non-hydrogen) atoms. The van der Waals surface area contributed by atoms with Crippen LogP contribution < -0.4 is 0 Å². The van der Waals surface area contributed by atoms with E-state index >= 15 is 0 Å². The maximum Gasteiger partial charge on any atom is 0.241 e. The molecule has 1 aliphatic heterocycles. The van der Waals surface area contributed by atoms with Gasteiger partial charge in [-0.25, -0.2) is 9.97 Å². The van der Waals surface area contributed by atoms with Crippen molar-refractivity contribution in [1.29, 1.82) is 0 Å². The average Bonchev–Trinajstić information content (AvgIpc) is 3.22. The molecular weight excluding hydrogens is 364 g/mol. The summed E-state index contributed by atoms with van der Waals surface area (Å²) in [7, 11) is 0. The van der Waals surface area contributed by atoms with Crippen molar-refractivity contribution < 1.29 is 4.52 Å². The second-order valence-electron chi connectivity index (χ2n) is 7.65. The van der Waals surface area contributed by atoms with Crippen LogP contribution in [0.15, 0.2) is 41.1 Å². The molecule has 1 atom stereocenters. The van der Waals surface area contributed by atoms with Crippen molar-refractivity contribution in [3.05, 3.63) is 48.2 Å². The van der Waals surface area contributed by atoms with Crippen LogP contribution in [-0.2, 0) is 6.54 Å². The molecule has 0 N–H and O–H groups in total. The summed E-state index contributed by atoms with van der Waals surface area (Å²) in [4.78, 5) is 18.2. The lowest BCUT2D eigenvalue weighted by Crippen LogP contribution is -2.49. The van der Waals surface area contributed by atoms with Crippen molar-refractivity contribution in [3.8, 4) is 22.6 Å². The summed E-state index contributed by atoms with van der Waals surface area (Å²) in [6.07, 6.45) is 2.97. The van der Waals surface area contributed by atoms with E-state index in [1.807, 2.05) is 37.3 Å². The largest absolute Gasteiger partial charge is 0.338 e. The van der Waals surface area contributed by atoms with Crippen LogP contribution in [0.3, 0.4) is 0 Å². The van der Waals surface area contributed by atoms with E-state index in [1.54, 1.807) is 6.20 Å². The smallest absolute Gasteiger partial charge is 0.241 e. The third-order valence-electron chi connectivity index (χ3n) is 5.66. The van der Waals surface area contributed by atoms with Crippen LogP contribution in [0, 0.1) is 6.92 Å². The van der Waals surface area contributed by atoms with Gasteiger partial charge in [0.15, 0.2) is 0 Å². The third-order valence-corrected chi connectivity index (χ3v) is 5.66. The molecule has 0 bridgehead atoms. The minimum Gasteiger partial charge on any atom is -0.338 e. The van der Waals surface area contributed by atoms with Crippen LogP contribution in [0.5, 0.6) is 0 Å². The van der Waals surface area contributed by atoms with Gasteiger partial charge >= 0.3 is 0 Å². The monoisotopic (exact) mass is 392 g/mol. The van der Waals surface area contributed by atoms with E-state index in [0.29, 0.717) is 24.3 Å². The highest BCUT2D eigenvalue weighted by atomic mass is 16.5. The first kappa shape index (κ1) is 19.7. The molecule has 0 saturated carbocycles. The Morgan fingerprint density at radius 1 is 1.00 bits per heavy atom. The maximum absolute atomic E-state index is 5.51. The molecule has 7 heteroatoms. The quantitative estimate of drug-likeness (QED) is 0.636. The molecule has 1 fully saturated rings. The van der Waals surface area contributed by atoms with Crippen LogP contribution in [0.25, 0.3) is 22.6 Å². The zero-order valence-corrected chi connectivity index (χ0v) is 17.4. The maximum atomic E-state index is 5.51. The van der Waals surface area contributed by atoms with Crippen LogP contribution >= 0.6 is 0 Å². The fourth-order valence-corrected chi connectivity index (χ4v) is 3.66. The van der Waals surface area contributed by atoms with Gasteiger partial charge in [-0.05, 0) is 26.3 Å². The van der Waals surface area contributed by atoms with Crippen LogP contribution in [0.2, 0.25) is 0 Å². The van der Waals surface area contributed by atoms with Crippen molar-refractivity contribution in [2.45, 2.75) is 39.8 Å². The predicted molar refractivity (Wildman–Crippen MR) is 112 cm³/mol. The number of hydrogen-bond acceptors (Lipinski definition) is 7. The second-order valence-corrected chi connectivity index (χ2v) is 7.65. The lowest BCUT2D eigenvalue weighted by molar-refractivity contribution is 0.0892. The highest BCUT2D eigenvalue weighted by Gasteiger charge is 2.21. The summed E-state index contributed by atoms with van der Waals surface area (Å²) >= 11 is 0. The first-order valence-electron chi connectivity index (χ1n) is 10.3. The molecule has 1 unspecified atom stereocenters. The first-order chi connectivity index (χ1) is 14.1. The molecule has 7 nitrogen and oxygen atoms in total. The van der Waals surface area contributed by atoms with Gasteiger partial charge < -0.3 is 4.52 Å². The van der Waals surface area contributed by atoms with Gasteiger partial charge in [0, 0.05) is 49.5 Å². The van der Waals surface area contributed by atoms with Gasteiger partial charge in [0.2, 0.25) is 11.7 Å². The van der Waals surface area contributed by atoms with E-state index in [2.05, 4.69) is 43.8 Å². The number of rotatable bonds is 6. The molecule has 0 aliphatic carbocycles. The Hall–Kier alpha value is -2.64. The van der Waals surface area contributed by atoms with Crippen LogP contribution in [0.1, 0.15) is 32.0 Å². The fourth-order valence-electron chi connectivity index (χ4n) is 3.66. The Labute approximate surface area is 171 Å². The SMILES string of the molecule is CCC(C)N1CCN(Cc2nc(-c3ccc(-c4ccnc(C)n4)cc3)no2)CC1. The van der Waals surface area contributed by atoms with Crippen LogP contribution in [0.4, 0.5) is 0 Å². The van der Waals surface area contributed by atoms with Gasteiger partial charge in [0.25, 0.3) is 0 Å². The van der Waals surface area contributed by atoms with Crippen molar-refractivity contribution in [2.24, 2.45) is 0 Å². The molecule has 152 valence electrons. The van der Waals surface area contributed by atoms with Gasteiger partial charge in [-0.1, -0.05) is 36.3 Å². The lowest BCUT2D eigenvalue weighted by atomic mass is 10.1. The summed E-state index contributed by atoms with van der Waals surface area (Å²) in [6, 6.07) is 10.6. The number of hydrogen-bond donors (Lipinski definition) is 0. The predicted octanol–water partition coefficient (Wildman–Crippen LogP) is 3.42. The van der Waals surface area contributed by atoms with Crippen molar-refractivity contribution in [2.75, 3.05) is 26.2 Å². The topological polar surface area (TPSA) is 71.2 Å². The second kappa shape index (κ2) is 8.80. The fraction of sp³-hybridized carbons (Fsp3) is 0.455. The molecule has 0 spiro atoms. The molecule has 0 amide bonds. The minimum atomic E-state index is 0.628. The Balaban J connectivity index is 1.38. The van der Waals surface area contributed by atoms with Crippen molar-refractivity contribution in [3.63, 3.8) is 0 Å².